The van der Waals surface area contributed by atoms with Crippen LogP contribution in [0.25, 0.3) is 0 Å². The van der Waals surface area contributed by atoms with Crippen LogP contribution in [0.3, 0.4) is 0 Å². The fourth-order valence-corrected chi connectivity index (χ4v) is 2.29. The van der Waals surface area contributed by atoms with Gasteiger partial charge in [0.15, 0.2) is 0 Å². The number of hydrogen-bond acceptors (Lipinski definition) is 3. The van der Waals surface area contributed by atoms with E-state index in [1.54, 1.807) is 0 Å². The van der Waals surface area contributed by atoms with Crippen molar-refractivity contribution in [2.75, 3.05) is 11.9 Å². The Labute approximate surface area is 112 Å². The minimum Gasteiger partial charge on any atom is -0.355 e. The summed E-state index contributed by atoms with van der Waals surface area (Å²) in [5.74, 6) is -0.0560. The topological polar surface area (TPSA) is 58.2 Å². The zero-order valence-electron chi connectivity index (χ0n) is 10.8. The molecular weight excluding hydrogens is 248 g/mol. The van der Waals surface area contributed by atoms with Crippen LogP contribution >= 0.6 is 11.8 Å². The number of rotatable bonds is 5. The molecule has 1 aromatic rings. The van der Waals surface area contributed by atoms with E-state index in [-0.39, 0.29) is 17.1 Å². The first kappa shape index (κ1) is 14.6. The second-order valence-corrected chi connectivity index (χ2v) is 5.27. The molecule has 1 atom stereocenters. The van der Waals surface area contributed by atoms with Gasteiger partial charge in [-0.2, -0.15) is 0 Å². The van der Waals surface area contributed by atoms with E-state index in [1.807, 2.05) is 38.1 Å². The monoisotopic (exact) mass is 266 g/mol. The molecule has 0 saturated heterocycles. The first-order chi connectivity index (χ1) is 8.52. The summed E-state index contributed by atoms with van der Waals surface area (Å²) in [4.78, 5) is 23.4. The average molecular weight is 266 g/mol. The molecule has 5 heteroatoms. The number of amides is 2. The van der Waals surface area contributed by atoms with E-state index < -0.39 is 0 Å². The van der Waals surface area contributed by atoms with Crippen molar-refractivity contribution in [3.63, 3.8) is 0 Å². The lowest BCUT2D eigenvalue weighted by molar-refractivity contribution is -0.120. The molecular formula is C13H18N2O2S. The van der Waals surface area contributed by atoms with Crippen molar-refractivity contribution in [2.24, 2.45) is 0 Å². The number of carbonyl (C=O) groups excluding carboxylic acids is 2. The molecule has 0 saturated carbocycles. The van der Waals surface area contributed by atoms with Gasteiger partial charge in [0.1, 0.15) is 0 Å². The molecule has 0 aromatic heterocycles. The Morgan fingerprint density at radius 3 is 2.39 bits per heavy atom. The molecule has 1 rings (SSSR count). The largest absolute Gasteiger partial charge is 0.355 e. The first-order valence-corrected chi connectivity index (χ1v) is 6.73. The Morgan fingerprint density at radius 1 is 1.28 bits per heavy atom. The van der Waals surface area contributed by atoms with E-state index in [9.17, 15) is 9.59 Å². The van der Waals surface area contributed by atoms with Crippen molar-refractivity contribution in [1.29, 1.82) is 0 Å². The molecule has 98 valence electrons. The molecule has 0 bridgehead atoms. The molecule has 18 heavy (non-hydrogen) atoms. The molecule has 2 N–H and O–H groups in total. The third-order valence-corrected chi connectivity index (χ3v) is 3.32. The second kappa shape index (κ2) is 7.06. The number of hydrogen-bond donors (Lipinski definition) is 2. The molecule has 0 spiro atoms. The Balaban J connectivity index is 2.58. The molecule has 1 unspecified atom stereocenters. The molecule has 0 heterocycles. The van der Waals surface area contributed by atoms with Crippen LogP contribution in [0.4, 0.5) is 5.69 Å². The molecule has 0 aliphatic carbocycles. The molecule has 0 aliphatic rings. The Kier molecular flexibility index (Phi) is 5.71. The third kappa shape index (κ3) is 4.79. The summed E-state index contributed by atoms with van der Waals surface area (Å²) < 4.78 is 0. The van der Waals surface area contributed by atoms with Crippen LogP contribution in [0.5, 0.6) is 0 Å². The normalized spacial score (nSPS) is 11.7. The van der Waals surface area contributed by atoms with Crippen LogP contribution < -0.4 is 10.6 Å². The van der Waals surface area contributed by atoms with Gasteiger partial charge in [-0.05, 0) is 38.1 Å². The number of benzene rings is 1. The van der Waals surface area contributed by atoms with Crippen molar-refractivity contribution < 1.29 is 9.59 Å². The molecule has 0 fully saturated rings. The maximum Gasteiger partial charge on any atom is 0.233 e. The Hall–Kier alpha value is -1.49. The summed E-state index contributed by atoms with van der Waals surface area (Å²) in [5.41, 5.74) is 0.762. The highest BCUT2D eigenvalue weighted by molar-refractivity contribution is 8.00. The predicted molar refractivity (Wildman–Crippen MR) is 74.7 cm³/mol. The summed E-state index contributed by atoms with van der Waals surface area (Å²) in [6.07, 6.45) is 0. The SMILES string of the molecule is CCNC(=O)C(C)Sc1ccc(NC(C)=O)cc1. The van der Waals surface area contributed by atoms with Crippen LogP contribution in [-0.2, 0) is 9.59 Å². The maximum atomic E-state index is 11.6. The lowest BCUT2D eigenvalue weighted by Gasteiger charge is -2.11. The van der Waals surface area contributed by atoms with Crippen molar-refractivity contribution in [3.05, 3.63) is 24.3 Å². The summed E-state index contributed by atoms with van der Waals surface area (Å²) in [6.45, 7) is 5.89. The quantitative estimate of drug-likeness (QED) is 0.804. The Morgan fingerprint density at radius 2 is 1.89 bits per heavy atom. The maximum absolute atomic E-state index is 11.6. The molecule has 0 aliphatic heterocycles. The van der Waals surface area contributed by atoms with Gasteiger partial charge in [0.2, 0.25) is 11.8 Å². The van der Waals surface area contributed by atoms with Gasteiger partial charge in [-0.1, -0.05) is 0 Å². The van der Waals surface area contributed by atoms with Crippen molar-refractivity contribution in [3.8, 4) is 0 Å². The minimum absolute atomic E-state index is 0.0356. The van der Waals surface area contributed by atoms with Crippen molar-refractivity contribution in [1.82, 2.24) is 5.32 Å². The number of anilines is 1. The van der Waals surface area contributed by atoms with Crippen molar-refractivity contribution >= 4 is 29.3 Å². The van der Waals surface area contributed by atoms with Crippen LogP contribution in [-0.4, -0.2) is 23.6 Å². The fourth-order valence-electron chi connectivity index (χ4n) is 1.40. The average Bonchev–Trinajstić information content (AvgIpc) is 2.31. The zero-order chi connectivity index (χ0) is 13.5. The summed E-state index contributed by atoms with van der Waals surface area (Å²) in [6, 6.07) is 7.44. The van der Waals surface area contributed by atoms with Crippen molar-refractivity contribution in [2.45, 2.75) is 30.9 Å². The number of nitrogens with one attached hydrogen (secondary N) is 2. The second-order valence-electron chi connectivity index (χ2n) is 3.86. The summed E-state index contributed by atoms with van der Waals surface area (Å²) in [7, 11) is 0. The van der Waals surface area contributed by atoms with Gasteiger partial charge in [0.05, 0.1) is 5.25 Å². The first-order valence-electron chi connectivity index (χ1n) is 5.85. The highest BCUT2D eigenvalue weighted by Crippen LogP contribution is 2.24. The zero-order valence-corrected chi connectivity index (χ0v) is 11.6. The van der Waals surface area contributed by atoms with E-state index in [0.717, 1.165) is 10.6 Å². The van der Waals surface area contributed by atoms with E-state index in [4.69, 9.17) is 0 Å². The summed E-state index contributed by atoms with van der Waals surface area (Å²) >= 11 is 1.49. The van der Waals surface area contributed by atoms with E-state index in [0.29, 0.717) is 6.54 Å². The minimum atomic E-state index is -0.128. The lowest BCUT2D eigenvalue weighted by Crippen LogP contribution is -2.30. The fraction of sp³-hybridized carbons (Fsp3) is 0.385. The van der Waals surface area contributed by atoms with E-state index in [1.165, 1.54) is 18.7 Å². The van der Waals surface area contributed by atoms with Crippen LogP contribution in [0.2, 0.25) is 0 Å². The lowest BCUT2D eigenvalue weighted by atomic mass is 10.3. The van der Waals surface area contributed by atoms with Crippen LogP contribution in [0.1, 0.15) is 20.8 Å². The van der Waals surface area contributed by atoms with Gasteiger partial charge in [0.25, 0.3) is 0 Å². The summed E-state index contributed by atoms with van der Waals surface area (Å²) in [5, 5.41) is 5.36. The highest BCUT2D eigenvalue weighted by atomic mass is 32.2. The molecule has 2 amide bonds. The Bertz CT molecular complexity index is 418. The number of thioether (sulfide) groups is 1. The molecule has 4 nitrogen and oxygen atoms in total. The van der Waals surface area contributed by atoms with Gasteiger partial charge in [-0.25, -0.2) is 0 Å². The smallest absolute Gasteiger partial charge is 0.233 e. The third-order valence-electron chi connectivity index (χ3n) is 2.21. The van der Waals surface area contributed by atoms with Crippen LogP contribution in [0.15, 0.2) is 29.2 Å². The highest BCUT2D eigenvalue weighted by Gasteiger charge is 2.12. The van der Waals surface area contributed by atoms with Crippen LogP contribution in [0, 0.1) is 0 Å². The van der Waals surface area contributed by atoms with Gasteiger partial charge < -0.3 is 10.6 Å². The van der Waals surface area contributed by atoms with Gasteiger partial charge in [0, 0.05) is 24.1 Å². The standard InChI is InChI=1S/C13H18N2O2S/c1-4-14-13(17)9(2)18-12-7-5-11(6-8-12)15-10(3)16/h5-9H,4H2,1-3H3,(H,14,17)(H,15,16). The van der Waals surface area contributed by atoms with Gasteiger partial charge >= 0.3 is 0 Å². The van der Waals surface area contributed by atoms with E-state index in [2.05, 4.69) is 10.6 Å². The molecule has 1 aromatic carbocycles. The van der Waals surface area contributed by atoms with Gasteiger partial charge in [-0.15, -0.1) is 11.8 Å². The molecule has 0 radical (unpaired) electrons. The number of carbonyl (C=O) groups is 2. The van der Waals surface area contributed by atoms with E-state index >= 15 is 0 Å². The predicted octanol–water partition coefficient (Wildman–Crippen LogP) is 2.26. The van der Waals surface area contributed by atoms with Gasteiger partial charge in [-0.3, -0.25) is 9.59 Å².